The summed E-state index contributed by atoms with van der Waals surface area (Å²) >= 11 is 1.56. The highest BCUT2D eigenvalue weighted by Crippen LogP contribution is 2.23. The van der Waals surface area contributed by atoms with Crippen molar-refractivity contribution >= 4 is 39.1 Å². The molecule has 7 heteroatoms. The maximum Gasteiger partial charge on any atom is 0.268 e. The van der Waals surface area contributed by atoms with Crippen molar-refractivity contribution in [3.63, 3.8) is 0 Å². The van der Waals surface area contributed by atoms with Gasteiger partial charge in [-0.3, -0.25) is 9.59 Å². The van der Waals surface area contributed by atoms with Gasteiger partial charge in [-0.15, -0.1) is 11.3 Å². The summed E-state index contributed by atoms with van der Waals surface area (Å²) in [4.78, 5) is 24.0. The number of fused-ring (bicyclic) bond motifs is 1. The van der Waals surface area contributed by atoms with Gasteiger partial charge in [-0.25, -0.2) is 4.39 Å². The van der Waals surface area contributed by atoms with Crippen LogP contribution in [0.5, 0.6) is 0 Å². The number of aryl methyl sites for hydroxylation is 1. The van der Waals surface area contributed by atoms with Crippen LogP contribution < -0.4 is 10.6 Å². The van der Waals surface area contributed by atoms with Gasteiger partial charge in [0.1, 0.15) is 11.5 Å². The summed E-state index contributed by atoms with van der Waals surface area (Å²) in [5.41, 5.74) is 1.96. The second-order valence-electron chi connectivity index (χ2n) is 5.00. The maximum atomic E-state index is 12.8. The van der Waals surface area contributed by atoms with E-state index in [1.54, 1.807) is 22.0 Å². The lowest BCUT2D eigenvalue weighted by Gasteiger charge is -2.07. The molecule has 3 aromatic rings. The summed E-state index contributed by atoms with van der Waals surface area (Å²) in [7, 11) is 1.81. The molecular formula is C16H14FN3O2S. The van der Waals surface area contributed by atoms with Gasteiger partial charge < -0.3 is 15.2 Å². The zero-order valence-electron chi connectivity index (χ0n) is 12.3. The normalized spacial score (nSPS) is 10.7. The zero-order valence-corrected chi connectivity index (χ0v) is 13.1. The topological polar surface area (TPSA) is 63.1 Å². The van der Waals surface area contributed by atoms with E-state index in [-0.39, 0.29) is 24.2 Å². The van der Waals surface area contributed by atoms with Gasteiger partial charge in [-0.2, -0.15) is 0 Å². The van der Waals surface area contributed by atoms with Crippen molar-refractivity contribution in [3.05, 3.63) is 53.3 Å². The summed E-state index contributed by atoms with van der Waals surface area (Å²) in [6.45, 7) is -0.158. The van der Waals surface area contributed by atoms with Gasteiger partial charge in [0.25, 0.3) is 5.91 Å². The number of nitrogens with zero attached hydrogens (tertiary/aromatic N) is 1. The lowest BCUT2D eigenvalue weighted by molar-refractivity contribution is -0.115. The largest absolute Gasteiger partial charge is 0.342 e. The molecule has 5 nitrogen and oxygen atoms in total. The van der Waals surface area contributed by atoms with E-state index in [1.807, 2.05) is 18.5 Å². The second-order valence-corrected chi connectivity index (χ2v) is 5.94. The third-order valence-corrected chi connectivity index (χ3v) is 4.29. The number of carbonyl (C=O) groups is 2. The molecule has 2 aromatic heterocycles. The molecule has 0 fully saturated rings. The number of thiophene rings is 1. The van der Waals surface area contributed by atoms with Crippen LogP contribution in [0.2, 0.25) is 0 Å². The fraction of sp³-hybridized carbons (Fsp3) is 0.125. The Morgan fingerprint density at radius 1 is 1.22 bits per heavy atom. The highest BCUT2D eigenvalue weighted by molar-refractivity contribution is 7.17. The molecule has 0 saturated carbocycles. The average molecular weight is 331 g/mol. The number of hydrogen-bond donors (Lipinski definition) is 2. The van der Waals surface area contributed by atoms with Gasteiger partial charge in [0.15, 0.2) is 0 Å². The van der Waals surface area contributed by atoms with Gasteiger partial charge in [0.2, 0.25) is 5.91 Å². The molecular weight excluding hydrogens is 317 g/mol. The number of rotatable bonds is 4. The van der Waals surface area contributed by atoms with Crippen LogP contribution in [-0.2, 0) is 11.8 Å². The minimum absolute atomic E-state index is 0.158. The van der Waals surface area contributed by atoms with E-state index in [0.717, 1.165) is 10.2 Å². The Kier molecular flexibility index (Phi) is 4.12. The molecule has 1 aromatic carbocycles. The van der Waals surface area contributed by atoms with E-state index < -0.39 is 0 Å². The Hall–Kier alpha value is -2.67. The van der Waals surface area contributed by atoms with Crippen LogP contribution in [0.15, 0.2) is 41.8 Å². The van der Waals surface area contributed by atoms with Gasteiger partial charge in [0.05, 0.1) is 16.8 Å². The van der Waals surface area contributed by atoms with E-state index in [4.69, 9.17) is 0 Å². The maximum absolute atomic E-state index is 12.8. The van der Waals surface area contributed by atoms with E-state index in [1.165, 1.54) is 24.3 Å². The molecule has 0 aliphatic carbocycles. The molecule has 0 aliphatic rings. The van der Waals surface area contributed by atoms with Crippen LogP contribution in [0, 0.1) is 5.82 Å². The number of carbonyl (C=O) groups excluding carboxylic acids is 2. The van der Waals surface area contributed by atoms with Crippen molar-refractivity contribution in [2.45, 2.75) is 0 Å². The van der Waals surface area contributed by atoms with Crippen LogP contribution >= 0.6 is 11.3 Å². The Morgan fingerprint density at radius 2 is 1.96 bits per heavy atom. The van der Waals surface area contributed by atoms with Crippen LogP contribution in [0.1, 0.15) is 10.5 Å². The molecule has 118 valence electrons. The molecule has 2 heterocycles. The Bertz CT molecular complexity index is 867. The molecule has 2 amide bonds. The van der Waals surface area contributed by atoms with Crippen molar-refractivity contribution in [3.8, 4) is 0 Å². The molecule has 0 saturated heterocycles. The highest BCUT2D eigenvalue weighted by atomic mass is 32.1. The average Bonchev–Trinajstić information content (AvgIpc) is 3.11. The van der Waals surface area contributed by atoms with Gasteiger partial charge >= 0.3 is 0 Å². The fourth-order valence-electron chi connectivity index (χ4n) is 2.26. The molecule has 0 unspecified atom stereocenters. The summed E-state index contributed by atoms with van der Waals surface area (Å²) in [5, 5.41) is 7.13. The Labute approximate surface area is 135 Å². The number of hydrogen-bond acceptors (Lipinski definition) is 3. The monoisotopic (exact) mass is 331 g/mol. The molecule has 3 rings (SSSR count). The first-order chi connectivity index (χ1) is 11.0. The number of halogens is 1. The van der Waals surface area contributed by atoms with Crippen molar-refractivity contribution < 1.29 is 14.0 Å². The first kappa shape index (κ1) is 15.2. The molecule has 0 atom stereocenters. The Balaban J connectivity index is 1.60. The predicted molar refractivity (Wildman–Crippen MR) is 88.2 cm³/mol. The lowest BCUT2D eigenvalue weighted by atomic mass is 10.3. The predicted octanol–water partition coefficient (Wildman–Crippen LogP) is 2.75. The smallest absolute Gasteiger partial charge is 0.268 e. The molecule has 2 N–H and O–H groups in total. The first-order valence-electron chi connectivity index (χ1n) is 6.91. The van der Waals surface area contributed by atoms with Crippen LogP contribution in [0.25, 0.3) is 10.2 Å². The van der Waals surface area contributed by atoms with Gasteiger partial charge in [-0.05, 0) is 41.8 Å². The van der Waals surface area contributed by atoms with Crippen LogP contribution in [0.4, 0.5) is 10.1 Å². The van der Waals surface area contributed by atoms with Crippen molar-refractivity contribution in [1.29, 1.82) is 0 Å². The fourth-order valence-corrected chi connectivity index (χ4v) is 3.11. The highest BCUT2D eigenvalue weighted by Gasteiger charge is 2.14. The van der Waals surface area contributed by atoms with E-state index in [9.17, 15) is 14.0 Å². The number of anilines is 1. The lowest BCUT2D eigenvalue weighted by Crippen LogP contribution is -2.33. The van der Waals surface area contributed by atoms with E-state index in [0.29, 0.717) is 11.4 Å². The van der Waals surface area contributed by atoms with Crippen LogP contribution in [0.3, 0.4) is 0 Å². The quantitative estimate of drug-likeness (QED) is 0.772. The summed E-state index contributed by atoms with van der Waals surface area (Å²) in [5.74, 6) is -1.06. The third kappa shape index (κ3) is 3.24. The summed E-state index contributed by atoms with van der Waals surface area (Å²) in [6.07, 6.45) is 0. The molecule has 0 bridgehead atoms. The number of benzene rings is 1. The Morgan fingerprint density at radius 3 is 2.65 bits per heavy atom. The van der Waals surface area contributed by atoms with E-state index >= 15 is 0 Å². The summed E-state index contributed by atoms with van der Waals surface area (Å²) in [6, 6.07) is 9.17. The first-order valence-corrected chi connectivity index (χ1v) is 7.79. The minimum atomic E-state index is -0.375. The van der Waals surface area contributed by atoms with Gasteiger partial charge in [0, 0.05) is 12.7 Å². The van der Waals surface area contributed by atoms with Crippen molar-refractivity contribution in [2.75, 3.05) is 11.9 Å². The third-order valence-electron chi connectivity index (χ3n) is 3.43. The summed E-state index contributed by atoms with van der Waals surface area (Å²) < 4.78 is 15.6. The zero-order chi connectivity index (χ0) is 16.4. The van der Waals surface area contributed by atoms with Crippen LogP contribution in [-0.4, -0.2) is 22.9 Å². The van der Waals surface area contributed by atoms with E-state index in [2.05, 4.69) is 10.6 Å². The molecule has 0 aliphatic heterocycles. The standard InChI is InChI=1S/C16H14FN3O2S/c1-20-12-6-7-23-14(12)8-13(20)16(22)18-9-15(21)19-11-4-2-10(17)3-5-11/h2-8H,9H2,1H3,(H,18,22)(H,19,21). The molecule has 0 radical (unpaired) electrons. The number of amides is 2. The number of aromatic nitrogens is 1. The SMILES string of the molecule is Cn1c(C(=O)NCC(=O)Nc2ccc(F)cc2)cc2sccc21. The minimum Gasteiger partial charge on any atom is -0.342 e. The molecule has 0 spiro atoms. The number of nitrogens with one attached hydrogen (secondary N) is 2. The van der Waals surface area contributed by atoms with Crippen molar-refractivity contribution in [1.82, 2.24) is 9.88 Å². The molecule has 23 heavy (non-hydrogen) atoms. The van der Waals surface area contributed by atoms with Crippen molar-refractivity contribution in [2.24, 2.45) is 7.05 Å². The van der Waals surface area contributed by atoms with Gasteiger partial charge in [-0.1, -0.05) is 0 Å². The second kappa shape index (κ2) is 6.21.